The van der Waals surface area contributed by atoms with E-state index in [1.807, 2.05) is 24.3 Å². The van der Waals surface area contributed by atoms with Crippen molar-refractivity contribution in [2.24, 2.45) is 0 Å². The molecule has 1 N–H and O–H groups in total. The second-order valence-electron chi connectivity index (χ2n) is 5.62. The topological polar surface area (TPSA) is 81.4 Å². The van der Waals surface area contributed by atoms with Crippen LogP contribution >= 0.6 is 11.3 Å². The summed E-state index contributed by atoms with van der Waals surface area (Å²) in [5.41, 5.74) is 0.934. The molecule has 3 aromatic rings. The lowest BCUT2D eigenvalue weighted by Crippen LogP contribution is -2.26. The van der Waals surface area contributed by atoms with Gasteiger partial charge in [-0.2, -0.15) is 22.8 Å². The van der Waals surface area contributed by atoms with Crippen LogP contribution in [0.2, 0.25) is 0 Å². The maximum absolute atomic E-state index is 12.8. The smallest absolute Gasteiger partial charge is 0.453 e. The summed E-state index contributed by atoms with van der Waals surface area (Å²) < 4.78 is 44.2. The Balaban J connectivity index is 1.50. The number of hydrogen-bond acceptors (Lipinski definition) is 6. The summed E-state index contributed by atoms with van der Waals surface area (Å²) in [7, 11) is 1.57. The number of hydrogen-bond donors (Lipinski definition) is 1. The minimum absolute atomic E-state index is 0.0693. The van der Waals surface area contributed by atoms with Gasteiger partial charge in [0, 0.05) is 19.4 Å². The number of aromatic nitrogens is 4. The molecule has 0 saturated carbocycles. The summed E-state index contributed by atoms with van der Waals surface area (Å²) in [5, 5.41) is 13.6. The van der Waals surface area contributed by atoms with Crippen LogP contribution in [-0.2, 0) is 23.8 Å². The van der Waals surface area contributed by atoms with Crippen LogP contribution in [0, 0.1) is 0 Å². The van der Waals surface area contributed by atoms with Crippen LogP contribution in [0.4, 0.5) is 13.2 Å². The molecule has 2 aromatic heterocycles. The van der Waals surface area contributed by atoms with Gasteiger partial charge in [-0.15, -0.1) is 10.2 Å². The van der Waals surface area contributed by atoms with E-state index in [0.29, 0.717) is 22.4 Å². The number of carbonyl (C=O) groups is 1. The van der Waals surface area contributed by atoms with Crippen molar-refractivity contribution in [1.82, 2.24) is 25.1 Å². The van der Waals surface area contributed by atoms with E-state index in [2.05, 4.69) is 20.6 Å². The van der Waals surface area contributed by atoms with Crippen molar-refractivity contribution in [1.29, 1.82) is 0 Å². The van der Waals surface area contributed by atoms with Crippen LogP contribution in [0.15, 0.2) is 24.3 Å². The van der Waals surface area contributed by atoms with Gasteiger partial charge in [-0.05, 0) is 18.1 Å². The number of benzene rings is 1. The molecule has 0 spiro atoms. The van der Waals surface area contributed by atoms with Gasteiger partial charge < -0.3 is 10.1 Å². The highest BCUT2D eigenvalue weighted by Crippen LogP contribution is 2.29. The molecule has 0 atom stereocenters. The third-order valence-corrected chi connectivity index (χ3v) is 4.72. The van der Waals surface area contributed by atoms with E-state index in [0.717, 1.165) is 22.6 Å². The molecule has 144 valence electrons. The number of alkyl halides is 3. The highest BCUT2D eigenvalue weighted by atomic mass is 32.1. The van der Waals surface area contributed by atoms with E-state index in [4.69, 9.17) is 4.74 Å². The summed E-state index contributed by atoms with van der Waals surface area (Å²) >= 11 is 1.01. The van der Waals surface area contributed by atoms with Gasteiger partial charge in [-0.1, -0.05) is 29.5 Å². The van der Waals surface area contributed by atoms with Crippen LogP contribution in [0.1, 0.15) is 22.8 Å². The monoisotopic (exact) mass is 399 g/mol. The number of fused-ring (bicyclic) bond motifs is 1. The molecule has 2 heterocycles. The third-order valence-electron chi connectivity index (χ3n) is 3.76. The standard InChI is InChI=1S/C16H16F3N5O2S/c1-26-11-5-3-2-4-10(11)6-7-12(25)20-9-8-13-23-24-14(16(17,18)19)21-22-15(24)27-13/h2-5H,6-9H2,1H3,(H,20,25). The molecule has 0 saturated heterocycles. The molecular formula is C16H16F3N5O2S. The average molecular weight is 399 g/mol. The molecule has 0 aliphatic carbocycles. The quantitative estimate of drug-likeness (QED) is 0.660. The van der Waals surface area contributed by atoms with Crippen molar-refractivity contribution in [2.75, 3.05) is 13.7 Å². The number of halogens is 3. The van der Waals surface area contributed by atoms with Crippen molar-refractivity contribution in [2.45, 2.75) is 25.4 Å². The highest BCUT2D eigenvalue weighted by molar-refractivity contribution is 7.16. The Morgan fingerprint density at radius 2 is 2.04 bits per heavy atom. The number of aryl methyl sites for hydroxylation is 1. The Kier molecular flexibility index (Phi) is 5.59. The molecule has 1 aromatic carbocycles. The number of nitrogens with one attached hydrogen (secondary N) is 1. The zero-order valence-corrected chi connectivity index (χ0v) is 15.1. The van der Waals surface area contributed by atoms with Gasteiger partial charge in [0.25, 0.3) is 5.82 Å². The Hall–Kier alpha value is -2.69. The van der Waals surface area contributed by atoms with Gasteiger partial charge in [0.2, 0.25) is 10.9 Å². The second-order valence-corrected chi connectivity index (χ2v) is 6.66. The average Bonchev–Trinajstić information content (AvgIpc) is 3.19. The maximum atomic E-state index is 12.8. The normalized spacial score (nSPS) is 11.7. The predicted octanol–water partition coefficient (Wildman–Crippen LogP) is 2.50. The first kappa shape index (κ1) is 19.1. The SMILES string of the molecule is COc1ccccc1CCC(=O)NCCc1nn2c(C(F)(F)F)nnc2s1. The molecule has 11 heteroatoms. The van der Waals surface area contributed by atoms with Crippen LogP contribution < -0.4 is 10.1 Å². The number of rotatable bonds is 7. The fourth-order valence-electron chi connectivity index (χ4n) is 2.49. The number of carbonyl (C=O) groups excluding carboxylic acids is 1. The van der Waals surface area contributed by atoms with Gasteiger partial charge in [-0.3, -0.25) is 4.79 Å². The van der Waals surface area contributed by atoms with Crippen molar-refractivity contribution in [3.63, 3.8) is 0 Å². The van der Waals surface area contributed by atoms with Crippen molar-refractivity contribution in [3.05, 3.63) is 40.7 Å². The van der Waals surface area contributed by atoms with E-state index in [1.165, 1.54) is 0 Å². The van der Waals surface area contributed by atoms with Crippen molar-refractivity contribution < 1.29 is 22.7 Å². The lowest BCUT2D eigenvalue weighted by Gasteiger charge is -2.08. The summed E-state index contributed by atoms with van der Waals surface area (Å²) in [4.78, 5) is 12.0. The Bertz CT molecular complexity index is 938. The molecule has 0 radical (unpaired) electrons. The first-order valence-corrected chi connectivity index (χ1v) is 8.87. The molecule has 0 aliphatic heterocycles. The first-order valence-electron chi connectivity index (χ1n) is 8.05. The maximum Gasteiger partial charge on any atom is 0.453 e. The number of ether oxygens (including phenoxy) is 1. The third kappa shape index (κ3) is 4.54. The van der Waals surface area contributed by atoms with E-state index in [1.54, 1.807) is 7.11 Å². The van der Waals surface area contributed by atoms with Gasteiger partial charge in [0.05, 0.1) is 7.11 Å². The van der Waals surface area contributed by atoms with Crippen LogP contribution in [0.25, 0.3) is 4.96 Å². The van der Waals surface area contributed by atoms with Crippen molar-refractivity contribution >= 4 is 22.2 Å². The lowest BCUT2D eigenvalue weighted by atomic mass is 10.1. The van der Waals surface area contributed by atoms with Crippen molar-refractivity contribution in [3.8, 4) is 5.75 Å². The predicted molar refractivity (Wildman–Crippen MR) is 91.7 cm³/mol. The van der Waals surface area contributed by atoms with Crippen LogP contribution in [0.5, 0.6) is 5.75 Å². The minimum atomic E-state index is -4.61. The van der Waals surface area contributed by atoms with Gasteiger partial charge in [0.15, 0.2) is 0 Å². The number of methoxy groups -OCH3 is 1. The fourth-order valence-corrected chi connectivity index (χ4v) is 3.32. The molecule has 0 bridgehead atoms. The molecule has 0 fully saturated rings. The van der Waals surface area contributed by atoms with E-state index >= 15 is 0 Å². The minimum Gasteiger partial charge on any atom is -0.496 e. The fraction of sp³-hybridized carbons (Fsp3) is 0.375. The molecule has 0 unspecified atom stereocenters. The van der Waals surface area contributed by atoms with Crippen LogP contribution in [0.3, 0.4) is 0 Å². The number of para-hydroxylation sites is 1. The molecule has 3 rings (SSSR count). The zero-order valence-electron chi connectivity index (χ0n) is 14.3. The molecule has 7 nitrogen and oxygen atoms in total. The summed E-state index contributed by atoms with van der Waals surface area (Å²) in [6.07, 6.45) is -3.49. The lowest BCUT2D eigenvalue weighted by molar-refractivity contribution is -0.146. The highest BCUT2D eigenvalue weighted by Gasteiger charge is 2.38. The molecule has 27 heavy (non-hydrogen) atoms. The second kappa shape index (κ2) is 7.91. The summed E-state index contributed by atoms with van der Waals surface area (Å²) in [6, 6.07) is 7.45. The first-order chi connectivity index (χ1) is 12.9. The molecular weight excluding hydrogens is 383 g/mol. The van der Waals surface area contributed by atoms with E-state index in [-0.39, 0.29) is 23.8 Å². The summed E-state index contributed by atoms with van der Waals surface area (Å²) in [5.74, 6) is -0.578. The number of nitrogens with zero attached hydrogens (tertiary/aromatic N) is 4. The molecule has 1 amide bonds. The largest absolute Gasteiger partial charge is 0.496 e. The van der Waals surface area contributed by atoms with E-state index in [9.17, 15) is 18.0 Å². The summed E-state index contributed by atoms with van der Waals surface area (Å²) in [6.45, 7) is 0.274. The van der Waals surface area contributed by atoms with Crippen LogP contribution in [-0.4, -0.2) is 39.4 Å². The molecule has 0 aliphatic rings. The Morgan fingerprint density at radius 1 is 1.26 bits per heavy atom. The Morgan fingerprint density at radius 3 is 2.78 bits per heavy atom. The zero-order chi connectivity index (χ0) is 19.4. The van der Waals surface area contributed by atoms with Gasteiger partial charge >= 0.3 is 6.18 Å². The Labute approximate surface area is 156 Å². The number of amides is 1. The van der Waals surface area contributed by atoms with Gasteiger partial charge in [-0.25, -0.2) is 0 Å². The van der Waals surface area contributed by atoms with E-state index < -0.39 is 12.0 Å². The van der Waals surface area contributed by atoms with Gasteiger partial charge in [0.1, 0.15) is 10.8 Å².